The molecule has 5 nitrogen and oxygen atoms in total. The molecule has 0 heterocycles. The van der Waals surface area contributed by atoms with Gasteiger partial charge in [0.25, 0.3) is 0 Å². The van der Waals surface area contributed by atoms with Gasteiger partial charge in [-0.2, -0.15) is 0 Å². The number of carbonyl (C=O) groups excluding carboxylic acids is 1. The van der Waals surface area contributed by atoms with E-state index in [0.717, 1.165) is 0 Å². The van der Waals surface area contributed by atoms with Gasteiger partial charge >= 0.3 is 5.97 Å². The second kappa shape index (κ2) is 6.56. The van der Waals surface area contributed by atoms with Crippen LogP contribution in [0.2, 0.25) is 0 Å². The average Bonchev–Trinajstić information content (AvgIpc) is 2.10. The number of nitrogens with one attached hydrogen (secondary N) is 1. The monoisotopic (exact) mass is 189 g/mol. The molecule has 0 saturated carbocycles. The maximum atomic E-state index is 10.2. The van der Waals surface area contributed by atoms with Gasteiger partial charge in [0.05, 0.1) is 12.5 Å². The minimum absolute atomic E-state index is 0.0161. The molecule has 2 unspecified atom stereocenters. The van der Waals surface area contributed by atoms with Crippen molar-refractivity contribution in [3.05, 3.63) is 0 Å². The van der Waals surface area contributed by atoms with Crippen LogP contribution in [0.3, 0.4) is 0 Å². The van der Waals surface area contributed by atoms with Crippen LogP contribution in [0.4, 0.5) is 0 Å². The molecule has 0 fully saturated rings. The van der Waals surface area contributed by atoms with Crippen LogP contribution in [-0.2, 0) is 9.59 Å². The third kappa shape index (κ3) is 6.24. The summed E-state index contributed by atoms with van der Waals surface area (Å²) in [5.41, 5.74) is 0. The van der Waals surface area contributed by atoms with Crippen LogP contribution >= 0.6 is 0 Å². The first-order chi connectivity index (χ1) is 6.07. The number of rotatable bonds is 7. The second-order valence-corrected chi connectivity index (χ2v) is 2.91. The highest BCUT2D eigenvalue weighted by Gasteiger charge is 2.11. The zero-order valence-corrected chi connectivity index (χ0v) is 7.56. The van der Waals surface area contributed by atoms with Crippen LogP contribution in [0.5, 0.6) is 0 Å². The van der Waals surface area contributed by atoms with Crippen LogP contribution in [0, 0.1) is 5.92 Å². The van der Waals surface area contributed by atoms with E-state index in [2.05, 4.69) is 5.32 Å². The van der Waals surface area contributed by atoms with E-state index in [-0.39, 0.29) is 13.0 Å². The van der Waals surface area contributed by atoms with E-state index in [9.17, 15) is 14.7 Å². The van der Waals surface area contributed by atoms with Gasteiger partial charge in [-0.15, -0.1) is 0 Å². The maximum absolute atomic E-state index is 10.2. The van der Waals surface area contributed by atoms with Crippen molar-refractivity contribution in [2.24, 2.45) is 5.92 Å². The van der Waals surface area contributed by atoms with Crippen molar-refractivity contribution in [2.45, 2.75) is 19.4 Å². The summed E-state index contributed by atoms with van der Waals surface area (Å²) < 4.78 is 0. The Morgan fingerprint density at radius 2 is 2.23 bits per heavy atom. The molecule has 0 aliphatic rings. The first kappa shape index (κ1) is 12.1. The molecule has 0 aromatic heterocycles. The predicted octanol–water partition coefficient (Wildman–Crippen LogP) is -0.753. The molecule has 0 aromatic rings. The molecule has 0 radical (unpaired) electrons. The number of hydrogen-bond acceptors (Lipinski definition) is 4. The number of aliphatic hydroxyl groups excluding tert-OH is 1. The van der Waals surface area contributed by atoms with Crippen molar-refractivity contribution in [3.63, 3.8) is 0 Å². The molecule has 3 N–H and O–H groups in total. The topological polar surface area (TPSA) is 86.6 Å². The molecular formula is C8H15NO4. The Hall–Kier alpha value is -0.940. The zero-order chi connectivity index (χ0) is 10.3. The lowest BCUT2D eigenvalue weighted by molar-refractivity contribution is -0.137. The maximum Gasteiger partial charge on any atom is 0.304 e. The lowest BCUT2D eigenvalue weighted by atomic mass is 10.1. The molecule has 5 heteroatoms. The number of carboxylic acids is 1. The Labute approximate surface area is 76.8 Å². The van der Waals surface area contributed by atoms with Crippen molar-refractivity contribution < 1.29 is 19.8 Å². The quantitative estimate of drug-likeness (QED) is 0.362. The highest BCUT2D eigenvalue weighted by Crippen LogP contribution is 1.96. The van der Waals surface area contributed by atoms with Gasteiger partial charge in [0, 0.05) is 19.0 Å². The molecule has 2 atom stereocenters. The third-order valence-corrected chi connectivity index (χ3v) is 1.69. The lowest BCUT2D eigenvalue weighted by Gasteiger charge is -2.13. The Morgan fingerprint density at radius 1 is 1.62 bits per heavy atom. The van der Waals surface area contributed by atoms with Crippen LogP contribution in [0.1, 0.15) is 13.3 Å². The molecule has 13 heavy (non-hydrogen) atoms. The summed E-state index contributed by atoms with van der Waals surface area (Å²) in [7, 11) is 0. The van der Waals surface area contributed by atoms with Crippen LogP contribution in [0.25, 0.3) is 0 Å². The summed E-state index contributed by atoms with van der Waals surface area (Å²) in [5, 5.41) is 20.3. The molecule has 0 aromatic carbocycles. The van der Waals surface area contributed by atoms with Crippen LogP contribution in [-0.4, -0.2) is 41.7 Å². The average molecular weight is 189 g/mol. The number of carbonyl (C=O) groups is 2. The van der Waals surface area contributed by atoms with E-state index in [4.69, 9.17) is 5.11 Å². The molecule has 0 aliphatic carbocycles. The fraction of sp³-hybridized carbons (Fsp3) is 0.750. The highest BCUT2D eigenvalue weighted by molar-refractivity contribution is 5.66. The fourth-order valence-corrected chi connectivity index (χ4v) is 0.722. The van der Waals surface area contributed by atoms with Crippen molar-refractivity contribution >= 4 is 12.3 Å². The van der Waals surface area contributed by atoms with E-state index < -0.39 is 18.0 Å². The minimum atomic E-state index is -0.884. The van der Waals surface area contributed by atoms with Gasteiger partial charge < -0.3 is 20.3 Å². The summed E-state index contributed by atoms with van der Waals surface area (Å²) in [6.07, 6.45) is -0.0579. The van der Waals surface area contributed by atoms with Gasteiger partial charge in [0.1, 0.15) is 6.29 Å². The fourth-order valence-electron chi connectivity index (χ4n) is 0.722. The van der Waals surface area contributed by atoms with Gasteiger partial charge in [-0.3, -0.25) is 4.79 Å². The Bertz CT molecular complexity index is 172. The number of carboxylic acid groups (broad SMARTS) is 1. The number of aldehydes is 1. The van der Waals surface area contributed by atoms with Gasteiger partial charge in [0.2, 0.25) is 0 Å². The third-order valence-electron chi connectivity index (χ3n) is 1.69. The van der Waals surface area contributed by atoms with E-state index >= 15 is 0 Å². The lowest BCUT2D eigenvalue weighted by Crippen LogP contribution is -2.33. The number of aliphatic hydroxyl groups is 1. The summed E-state index contributed by atoms with van der Waals surface area (Å²) in [5.74, 6) is -1.30. The Balaban J connectivity index is 3.41. The molecule has 0 bridgehead atoms. The minimum Gasteiger partial charge on any atom is -0.481 e. The molecule has 0 spiro atoms. The van der Waals surface area contributed by atoms with Crippen molar-refractivity contribution in [1.82, 2.24) is 5.32 Å². The van der Waals surface area contributed by atoms with Gasteiger partial charge in [-0.1, -0.05) is 6.92 Å². The first-order valence-corrected chi connectivity index (χ1v) is 4.13. The van der Waals surface area contributed by atoms with Gasteiger partial charge in [0.15, 0.2) is 0 Å². The zero-order valence-electron chi connectivity index (χ0n) is 7.56. The summed E-state index contributed by atoms with van der Waals surface area (Å²) in [4.78, 5) is 20.3. The van der Waals surface area contributed by atoms with Gasteiger partial charge in [-0.25, -0.2) is 0 Å². The smallest absolute Gasteiger partial charge is 0.304 e. The predicted molar refractivity (Wildman–Crippen MR) is 46.4 cm³/mol. The van der Waals surface area contributed by atoms with E-state index in [1.807, 2.05) is 0 Å². The SMILES string of the molecule is CC(C=O)C(O)CNCCC(=O)O. The Kier molecular flexibility index (Phi) is 6.09. The second-order valence-electron chi connectivity index (χ2n) is 2.91. The number of hydrogen-bond donors (Lipinski definition) is 3. The Morgan fingerprint density at radius 3 is 2.69 bits per heavy atom. The molecule has 76 valence electrons. The van der Waals surface area contributed by atoms with Crippen molar-refractivity contribution in [1.29, 1.82) is 0 Å². The standard InChI is InChI=1S/C8H15NO4/c1-6(5-10)7(11)4-9-3-2-8(12)13/h5-7,9,11H,2-4H2,1H3,(H,12,13). The molecule has 0 saturated heterocycles. The first-order valence-electron chi connectivity index (χ1n) is 4.13. The van der Waals surface area contributed by atoms with Crippen molar-refractivity contribution in [3.8, 4) is 0 Å². The van der Waals surface area contributed by atoms with Crippen LogP contribution < -0.4 is 5.32 Å². The van der Waals surface area contributed by atoms with Crippen molar-refractivity contribution in [2.75, 3.05) is 13.1 Å². The number of aliphatic carboxylic acids is 1. The summed E-state index contributed by atoms with van der Waals surface area (Å²) >= 11 is 0. The highest BCUT2D eigenvalue weighted by atomic mass is 16.4. The molecule has 0 rings (SSSR count). The largest absolute Gasteiger partial charge is 0.481 e. The molecule has 0 amide bonds. The molecule has 0 aliphatic heterocycles. The van der Waals surface area contributed by atoms with E-state index in [1.54, 1.807) is 6.92 Å². The van der Waals surface area contributed by atoms with Gasteiger partial charge in [-0.05, 0) is 0 Å². The summed E-state index contributed by atoms with van der Waals surface area (Å²) in [6.45, 7) is 2.15. The summed E-state index contributed by atoms with van der Waals surface area (Å²) in [6, 6.07) is 0. The normalized spacial score (nSPS) is 14.9. The van der Waals surface area contributed by atoms with Crippen LogP contribution in [0.15, 0.2) is 0 Å². The van der Waals surface area contributed by atoms with E-state index in [1.165, 1.54) is 0 Å². The van der Waals surface area contributed by atoms with E-state index in [0.29, 0.717) is 12.8 Å². The molecular weight excluding hydrogens is 174 g/mol.